The molecule has 0 aliphatic carbocycles. The van der Waals surface area contributed by atoms with Crippen molar-refractivity contribution in [3.8, 4) is 0 Å². The van der Waals surface area contributed by atoms with Gasteiger partial charge in [-0.2, -0.15) is 0 Å². The average Bonchev–Trinajstić information content (AvgIpc) is 2.17. The maximum atomic E-state index is 12.0. The van der Waals surface area contributed by atoms with Gasteiger partial charge in [0.2, 0.25) is 5.91 Å². The molecule has 1 saturated heterocycles. The molecule has 0 spiro atoms. The van der Waals surface area contributed by atoms with Crippen LogP contribution in [0.5, 0.6) is 0 Å². The van der Waals surface area contributed by atoms with Crippen molar-refractivity contribution in [2.45, 2.75) is 39.2 Å². The number of likely N-dealkylation sites (tertiary alicyclic amines) is 1. The molecule has 1 N–H and O–H groups in total. The van der Waals surface area contributed by atoms with E-state index >= 15 is 0 Å². The molecule has 0 saturated carbocycles. The summed E-state index contributed by atoms with van der Waals surface area (Å²) in [5.74, 6) is 0.423. The third-order valence-electron chi connectivity index (χ3n) is 3.04. The van der Waals surface area contributed by atoms with E-state index in [-0.39, 0.29) is 5.91 Å². The van der Waals surface area contributed by atoms with E-state index in [9.17, 15) is 9.90 Å². The van der Waals surface area contributed by atoms with Crippen molar-refractivity contribution in [3.05, 3.63) is 0 Å². The molecule has 0 unspecified atom stereocenters. The van der Waals surface area contributed by atoms with Gasteiger partial charge in [-0.3, -0.25) is 4.79 Å². The summed E-state index contributed by atoms with van der Waals surface area (Å²) in [5, 5.41) is 9.77. The van der Waals surface area contributed by atoms with Gasteiger partial charge >= 0.3 is 0 Å². The number of amides is 1. The standard InChI is InChI=1S/C11H20ClNO2/c1-10(2,8-12)9(14)13-6-4-11(3,15)5-7-13/h15H,4-8H2,1-3H3. The molecular weight excluding hydrogens is 214 g/mol. The number of hydrogen-bond acceptors (Lipinski definition) is 2. The summed E-state index contributed by atoms with van der Waals surface area (Å²) in [5.41, 5.74) is -1.10. The van der Waals surface area contributed by atoms with Gasteiger partial charge in [0, 0.05) is 19.0 Å². The first-order valence-corrected chi connectivity index (χ1v) is 5.90. The first kappa shape index (κ1) is 12.8. The van der Waals surface area contributed by atoms with Gasteiger partial charge in [-0.05, 0) is 33.6 Å². The quantitative estimate of drug-likeness (QED) is 0.737. The summed E-state index contributed by atoms with van der Waals surface area (Å²) in [7, 11) is 0. The Labute approximate surface area is 96.4 Å². The van der Waals surface area contributed by atoms with Gasteiger partial charge in [-0.1, -0.05) is 0 Å². The van der Waals surface area contributed by atoms with Crippen molar-refractivity contribution in [1.29, 1.82) is 0 Å². The first-order valence-electron chi connectivity index (χ1n) is 5.36. The van der Waals surface area contributed by atoms with Crippen LogP contribution in [0.4, 0.5) is 0 Å². The zero-order chi connectivity index (χ0) is 11.7. The van der Waals surface area contributed by atoms with Gasteiger partial charge in [0.05, 0.1) is 11.0 Å². The van der Waals surface area contributed by atoms with Crippen LogP contribution in [0.15, 0.2) is 0 Å². The van der Waals surface area contributed by atoms with Crippen molar-refractivity contribution < 1.29 is 9.90 Å². The molecule has 1 aliphatic heterocycles. The van der Waals surface area contributed by atoms with E-state index in [1.807, 2.05) is 20.8 Å². The van der Waals surface area contributed by atoms with E-state index in [2.05, 4.69) is 0 Å². The highest BCUT2D eigenvalue weighted by Gasteiger charge is 2.35. The molecule has 0 aromatic heterocycles. The summed E-state index contributed by atoms with van der Waals surface area (Å²) in [6.45, 7) is 6.80. The van der Waals surface area contributed by atoms with Crippen LogP contribution in [0, 0.1) is 5.41 Å². The third-order valence-corrected chi connectivity index (χ3v) is 3.71. The second kappa shape index (κ2) is 4.30. The maximum absolute atomic E-state index is 12.0. The topological polar surface area (TPSA) is 40.5 Å². The third kappa shape index (κ3) is 3.08. The molecule has 1 amide bonds. The molecule has 3 nitrogen and oxygen atoms in total. The highest BCUT2D eigenvalue weighted by Crippen LogP contribution is 2.26. The average molecular weight is 234 g/mol. The Bertz CT molecular complexity index is 241. The Morgan fingerprint density at radius 3 is 2.33 bits per heavy atom. The molecule has 1 fully saturated rings. The fourth-order valence-corrected chi connectivity index (χ4v) is 1.79. The van der Waals surface area contributed by atoms with Crippen molar-refractivity contribution in [3.63, 3.8) is 0 Å². The van der Waals surface area contributed by atoms with Crippen molar-refractivity contribution >= 4 is 17.5 Å². The Morgan fingerprint density at radius 2 is 1.93 bits per heavy atom. The number of hydrogen-bond donors (Lipinski definition) is 1. The number of rotatable bonds is 2. The van der Waals surface area contributed by atoms with Gasteiger partial charge < -0.3 is 10.0 Å². The van der Waals surface area contributed by atoms with Crippen LogP contribution >= 0.6 is 11.6 Å². The summed E-state index contributed by atoms with van der Waals surface area (Å²) >= 11 is 5.77. The van der Waals surface area contributed by atoms with E-state index in [0.29, 0.717) is 31.8 Å². The van der Waals surface area contributed by atoms with Crippen LogP contribution in [0.3, 0.4) is 0 Å². The predicted octanol–water partition coefficient (Wildman–Crippen LogP) is 1.62. The zero-order valence-electron chi connectivity index (χ0n) is 9.72. The Kier molecular flexibility index (Phi) is 3.67. The molecule has 1 heterocycles. The fraction of sp³-hybridized carbons (Fsp3) is 0.909. The highest BCUT2D eigenvalue weighted by molar-refractivity contribution is 6.19. The largest absolute Gasteiger partial charge is 0.390 e. The van der Waals surface area contributed by atoms with Gasteiger partial charge in [0.1, 0.15) is 0 Å². The van der Waals surface area contributed by atoms with Crippen LogP contribution in [0.25, 0.3) is 0 Å². The monoisotopic (exact) mass is 233 g/mol. The molecular formula is C11H20ClNO2. The minimum Gasteiger partial charge on any atom is -0.390 e. The second-order valence-electron chi connectivity index (χ2n) is 5.31. The lowest BCUT2D eigenvalue weighted by Gasteiger charge is -2.38. The lowest BCUT2D eigenvalue weighted by Crippen LogP contribution is -2.49. The van der Waals surface area contributed by atoms with Gasteiger partial charge in [0.25, 0.3) is 0 Å². The lowest BCUT2D eigenvalue weighted by molar-refractivity contribution is -0.143. The summed E-state index contributed by atoms with van der Waals surface area (Å²) in [6.07, 6.45) is 1.30. The van der Waals surface area contributed by atoms with Gasteiger partial charge in [-0.25, -0.2) is 0 Å². The number of alkyl halides is 1. The summed E-state index contributed by atoms with van der Waals surface area (Å²) < 4.78 is 0. The van der Waals surface area contributed by atoms with Crippen LogP contribution in [-0.4, -0.2) is 40.5 Å². The molecule has 0 bridgehead atoms. The SMILES string of the molecule is CC1(O)CCN(C(=O)C(C)(C)CCl)CC1. The number of halogens is 1. The number of aliphatic hydroxyl groups is 1. The number of carbonyl (C=O) groups is 1. The smallest absolute Gasteiger partial charge is 0.229 e. The highest BCUT2D eigenvalue weighted by atomic mass is 35.5. The molecule has 1 aliphatic rings. The number of carbonyl (C=O) groups excluding carboxylic acids is 1. The van der Waals surface area contributed by atoms with Crippen LogP contribution < -0.4 is 0 Å². The fourth-order valence-electron chi connectivity index (χ4n) is 1.68. The molecule has 0 aromatic carbocycles. The van der Waals surface area contributed by atoms with Crippen molar-refractivity contribution in [1.82, 2.24) is 4.90 Å². The molecule has 15 heavy (non-hydrogen) atoms. The minimum absolute atomic E-state index is 0.0907. The number of piperidine rings is 1. The van der Waals surface area contributed by atoms with E-state index in [4.69, 9.17) is 11.6 Å². The molecule has 0 radical (unpaired) electrons. The molecule has 4 heteroatoms. The normalized spacial score (nSPS) is 21.5. The molecule has 0 aromatic rings. The summed E-state index contributed by atoms with van der Waals surface area (Å²) in [6, 6.07) is 0. The van der Waals surface area contributed by atoms with Crippen molar-refractivity contribution in [2.24, 2.45) is 5.41 Å². The molecule has 88 valence electrons. The van der Waals surface area contributed by atoms with E-state index in [1.54, 1.807) is 4.90 Å². The molecule has 0 atom stereocenters. The molecule has 1 rings (SSSR count). The van der Waals surface area contributed by atoms with Gasteiger partial charge in [0.15, 0.2) is 0 Å². The summed E-state index contributed by atoms with van der Waals surface area (Å²) in [4.78, 5) is 13.8. The predicted molar refractivity (Wildman–Crippen MR) is 60.9 cm³/mol. The van der Waals surface area contributed by atoms with Crippen LogP contribution in [0.2, 0.25) is 0 Å². The number of nitrogens with zero attached hydrogens (tertiary/aromatic N) is 1. The second-order valence-corrected chi connectivity index (χ2v) is 5.57. The minimum atomic E-state index is -0.609. The first-order chi connectivity index (χ1) is 6.78. The Balaban J connectivity index is 2.58. The Morgan fingerprint density at radius 1 is 1.47 bits per heavy atom. The zero-order valence-corrected chi connectivity index (χ0v) is 10.5. The van der Waals surface area contributed by atoms with Crippen molar-refractivity contribution in [2.75, 3.05) is 19.0 Å². The van der Waals surface area contributed by atoms with E-state index < -0.39 is 11.0 Å². The van der Waals surface area contributed by atoms with E-state index in [1.165, 1.54) is 0 Å². The lowest BCUT2D eigenvalue weighted by atomic mass is 9.89. The van der Waals surface area contributed by atoms with Crippen LogP contribution in [0.1, 0.15) is 33.6 Å². The van der Waals surface area contributed by atoms with E-state index in [0.717, 1.165) is 0 Å². The van der Waals surface area contributed by atoms with Gasteiger partial charge in [-0.15, -0.1) is 11.6 Å². The Hall–Kier alpha value is -0.280. The van der Waals surface area contributed by atoms with Crippen LogP contribution in [-0.2, 0) is 4.79 Å². The maximum Gasteiger partial charge on any atom is 0.229 e.